The second kappa shape index (κ2) is 7.68. The summed E-state index contributed by atoms with van der Waals surface area (Å²) in [7, 11) is 0. The van der Waals surface area contributed by atoms with Crippen LogP contribution in [0.1, 0.15) is 63.5 Å². The molecule has 2 N–H and O–H groups in total. The molecule has 0 bridgehead atoms. The summed E-state index contributed by atoms with van der Waals surface area (Å²) in [5.41, 5.74) is 6.23. The van der Waals surface area contributed by atoms with Gasteiger partial charge in [-0.1, -0.05) is 39.0 Å². The molecule has 1 fully saturated rings. The van der Waals surface area contributed by atoms with Gasteiger partial charge >= 0.3 is 0 Å². The molecule has 0 spiro atoms. The van der Waals surface area contributed by atoms with Crippen molar-refractivity contribution >= 4 is 15.9 Å². The lowest BCUT2D eigenvalue weighted by molar-refractivity contribution is 0.228. The van der Waals surface area contributed by atoms with E-state index in [2.05, 4.69) is 22.9 Å². The lowest BCUT2D eigenvalue weighted by Gasteiger charge is -2.32. The van der Waals surface area contributed by atoms with Crippen LogP contribution >= 0.6 is 15.9 Å². The van der Waals surface area contributed by atoms with Crippen molar-refractivity contribution in [3.05, 3.63) is 33.8 Å². The highest BCUT2D eigenvalue weighted by Crippen LogP contribution is 2.39. The van der Waals surface area contributed by atoms with E-state index in [-0.39, 0.29) is 16.0 Å². The fourth-order valence-corrected chi connectivity index (χ4v) is 3.76. The second-order valence-corrected chi connectivity index (χ2v) is 7.06. The molecule has 1 aliphatic carbocycles. The van der Waals surface area contributed by atoms with Crippen LogP contribution in [0.2, 0.25) is 0 Å². The molecule has 1 aromatic rings. The SMILES string of the molecule is CCCCC1CCC(C(N)c2c(F)ccc(Br)c2F)CC1. The van der Waals surface area contributed by atoms with Gasteiger partial charge in [-0.25, -0.2) is 8.78 Å². The highest BCUT2D eigenvalue weighted by Gasteiger charge is 2.30. The highest BCUT2D eigenvalue weighted by molar-refractivity contribution is 9.10. The van der Waals surface area contributed by atoms with Crippen molar-refractivity contribution < 1.29 is 8.78 Å². The van der Waals surface area contributed by atoms with E-state index in [1.165, 1.54) is 31.4 Å². The Balaban J connectivity index is 2.02. The van der Waals surface area contributed by atoms with E-state index >= 15 is 0 Å². The first-order valence-electron chi connectivity index (χ1n) is 7.93. The fraction of sp³-hybridized carbons (Fsp3) is 0.647. The Morgan fingerprint density at radius 2 is 1.90 bits per heavy atom. The van der Waals surface area contributed by atoms with Crippen molar-refractivity contribution in [2.45, 2.75) is 57.9 Å². The number of rotatable bonds is 5. The van der Waals surface area contributed by atoms with Crippen LogP contribution in [0, 0.1) is 23.5 Å². The number of nitrogens with two attached hydrogens (primary N) is 1. The first-order chi connectivity index (χ1) is 10.0. The van der Waals surface area contributed by atoms with Crippen LogP contribution < -0.4 is 5.73 Å². The number of unbranched alkanes of at least 4 members (excludes halogenated alkanes) is 1. The maximum atomic E-state index is 14.1. The smallest absolute Gasteiger partial charge is 0.145 e. The van der Waals surface area contributed by atoms with Gasteiger partial charge in [0.05, 0.1) is 4.47 Å². The van der Waals surface area contributed by atoms with Crippen LogP contribution in [0.25, 0.3) is 0 Å². The Hall–Kier alpha value is -0.480. The lowest BCUT2D eigenvalue weighted by Crippen LogP contribution is -2.27. The normalized spacial score (nSPS) is 24.0. The largest absolute Gasteiger partial charge is 0.324 e. The van der Waals surface area contributed by atoms with Gasteiger partial charge in [-0.3, -0.25) is 0 Å². The standard InChI is InChI=1S/C17H24BrF2N/c1-2-3-4-11-5-7-12(8-6-11)17(21)15-14(19)10-9-13(18)16(15)20/h9-12,17H,2-8,21H2,1H3. The van der Waals surface area contributed by atoms with Crippen LogP contribution in [0.3, 0.4) is 0 Å². The van der Waals surface area contributed by atoms with Gasteiger partial charge in [-0.15, -0.1) is 0 Å². The minimum Gasteiger partial charge on any atom is -0.324 e. The topological polar surface area (TPSA) is 26.0 Å². The van der Waals surface area contributed by atoms with Crippen LogP contribution in [0.15, 0.2) is 16.6 Å². The van der Waals surface area contributed by atoms with Crippen LogP contribution in [0.4, 0.5) is 8.78 Å². The molecule has 0 aliphatic heterocycles. The third-order valence-corrected chi connectivity index (χ3v) is 5.39. The van der Waals surface area contributed by atoms with Gasteiger partial charge in [0.2, 0.25) is 0 Å². The molecule has 1 saturated carbocycles. The molecule has 21 heavy (non-hydrogen) atoms. The van der Waals surface area contributed by atoms with Gasteiger partial charge in [0.15, 0.2) is 0 Å². The lowest BCUT2D eigenvalue weighted by atomic mass is 9.75. The first kappa shape index (κ1) is 16.9. The summed E-state index contributed by atoms with van der Waals surface area (Å²) < 4.78 is 28.4. The number of halogens is 3. The molecule has 4 heteroatoms. The summed E-state index contributed by atoms with van der Waals surface area (Å²) in [5.74, 6) is -0.126. The summed E-state index contributed by atoms with van der Waals surface area (Å²) >= 11 is 3.11. The molecule has 118 valence electrons. The minimum atomic E-state index is -0.547. The highest BCUT2D eigenvalue weighted by atomic mass is 79.9. The third kappa shape index (κ3) is 4.04. The molecule has 0 heterocycles. The minimum absolute atomic E-state index is 0.0429. The molecule has 1 atom stereocenters. The molecule has 1 nitrogen and oxygen atoms in total. The maximum Gasteiger partial charge on any atom is 0.145 e. The summed E-state index contributed by atoms with van der Waals surface area (Å²) in [4.78, 5) is 0. The zero-order valence-corrected chi connectivity index (χ0v) is 14.1. The van der Waals surface area contributed by atoms with E-state index < -0.39 is 17.7 Å². The van der Waals surface area contributed by atoms with Gasteiger partial charge < -0.3 is 5.73 Å². The number of hydrogen-bond acceptors (Lipinski definition) is 1. The van der Waals surface area contributed by atoms with Gasteiger partial charge in [-0.05, 0) is 52.7 Å². The molecular formula is C17H24BrF2N. The van der Waals surface area contributed by atoms with E-state index in [0.717, 1.165) is 31.6 Å². The van der Waals surface area contributed by atoms with Gasteiger partial charge in [-0.2, -0.15) is 0 Å². The van der Waals surface area contributed by atoms with Crippen molar-refractivity contribution in [2.75, 3.05) is 0 Å². The van der Waals surface area contributed by atoms with Crippen LogP contribution in [-0.4, -0.2) is 0 Å². The molecule has 0 amide bonds. The molecule has 1 unspecified atom stereocenters. The van der Waals surface area contributed by atoms with Crippen molar-refractivity contribution in [3.8, 4) is 0 Å². The first-order valence-corrected chi connectivity index (χ1v) is 8.72. The van der Waals surface area contributed by atoms with Crippen molar-refractivity contribution in [3.63, 3.8) is 0 Å². The van der Waals surface area contributed by atoms with E-state index in [4.69, 9.17) is 5.73 Å². The van der Waals surface area contributed by atoms with Crippen molar-refractivity contribution in [2.24, 2.45) is 17.6 Å². The Kier molecular flexibility index (Phi) is 6.18. The fourth-order valence-electron chi connectivity index (χ4n) is 3.41. The van der Waals surface area contributed by atoms with E-state index in [0.29, 0.717) is 0 Å². The average molecular weight is 360 g/mol. The molecule has 1 aliphatic rings. The Labute approximate surface area is 134 Å². The van der Waals surface area contributed by atoms with E-state index in [1.807, 2.05) is 0 Å². The Morgan fingerprint density at radius 1 is 1.24 bits per heavy atom. The van der Waals surface area contributed by atoms with Gasteiger partial charge in [0.1, 0.15) is 11.6 Å². The van der Waals surface area contributed by atoms with E-state index in [1.54, 1.807) is 0 Å². The number of hydrogen-bond donors (Lipinski definition) is 1. The number of benzene rings is 1. The second-order valence-electron chi connectivity index (χ2n) is 6.21. The Bertz CT molecular complexity index is 470. The molecule has 0 saturated heterocycles. The molecule has 1 aromatic carbocycles. The maximum absolute atomic E-state index is 14.1. The summed E-state index contributed by atoms with van der Waals surface area (Å²) in [6.45, 7) is 2.21. The van der Waals surface area contributed by atoms with Crippen LogP contribution in [0.5, 0.6) is 0 Å². The summed E-state index contributed by atoms with van der Waals surface area (Å²) in [6, 6.07) is 2.13. The average Bonchev–Trinajstić information content (AvgIpc) is 2.49. The third-order valence-electron chi connectivity index (χ3n) is 4.78. The predicted octanol–water partition coefficient (Wildman–Crippen LogP) is 5.72. The molecule has 0 radical (unpaired) electrons. The molecular weight excluding hydrogens is 336 g/mol. The Morgan fingerprint density at radius 3 is 2.52 bits per heavy atom. The van der Waals surface area contributed by atoms with E-state index in [9.17, 15) is 8.78 Å². The zero-order valence-electron chi connectivity index (χ0n) is 12.5. The quantitative estimate of drug-likeness (QED) is 0.668. The molecule has 2 rings (SSSR count). The summed E-state index contributed by atoms with van der Waals surface area (Å²) in [5, 5.41) is 0. The van der Waals surface area contributed by atoms with Crippen molar-refractivity contribution in [1.29, 1.82) is 0 Å². The molecule has 0 aromatic heterocycles. The van der Waals surface area contributed by atoms with Gasteiger partial charge in [0.25, 0.3) is 0 Å². The monoisotopic (exact) mass is 359 g/mol. The summed E-state index contributed by atoms with van der Waals surface area (Å²) in [6.07, 6.45) is 8.00. The predicted molar refractivity (Wildman–Crippen MR) is 86.0 cm³/mol. The zero-order chi connectivity index (χ0) is 15.4. The van der Waals surface area contributed by atoms with Crippen molar-refractivity contribution in [1.82, 2.24) is 0 Å². The van der Waals surface area contributed by atoms with Crippen LogP contribution in [-0.2, 0) is 0 Å². The van der Waals surface area contributed by atoms with Gasteiger partial charge in [0, 0.05) is 11.6 Å².